The van der Waals surface area contributed by atoms with Crippen LogP contribution in [-0.4, -0.2) is 0 Å². The smallest absolute Gasteiger partial charge is 0.0383 e. The fourth-order valence-electron chi connectivity index (χ4n) is 1.19. The largest absolute Gasteiger partial charge is 0.142 e. The number of thiol groups is 1. The SMILES string of the molecule is Cc1cccc2c(S)csc12. The first-order valence-electron chi connectivity index (χ1n) is 3.45. The Morgan fingerprint density at radius 2 is 2.18 bits per heavy atom. The summed E-state index contributed by atoms with van der Waals surface area (Å²) in [6, 6.07) is 6.32. The lowest BCUT2D eigenvalue weighted by molar-refractivity contribution is 1.54. The van der Waals surface area contributed by atoms with Crippen molar-refractivity contribution in [1.82, 2.24) is 0 Å². The van der Waals surface area contributed by atoms with Crippen molar-refractivity contribution in [3.05, 3.63) is 29.1 Å². The van der Waals surface area contributed by atoms with Gasteiger partial charge in [0.25, 0.3) is 0 Å². The molecular formula is C9H8S2. The van der Waals surface area contributed by atoms with Gasteiger partial charge >= 0.3 is 0 Å². The van der Waals surface area contributed by atoms with E-state index >= 15 is 0 Å². The standard InChI is InChI=1S/C9H8S2/c1-6-3-2-4-7-8(10)5-11-9(6)7/h2-5,10H,1H3. The molecule has 1 aromatic heterocycles. The van der Waals surface area contributed by atoms with Crippen LogP contribution in [0.4, 0.5) is 0 Å². The average molecular weight is 180 g/mol. The molecule has 0 N–H and O–H groups in total. The molecule has 0 nitrogen and oxygen atoms in total. The molecule has 0 saturated heterocycles. The maximum absolute atomic E-state index is 4.36. The van der Waals surface area contributed by atoms with E-state index < -0.39 is 0 Å². The zero-order chi connectivity index (χ0) is 7.84. The van der Waals surface area contributed by atoms with E-state index in [1.54, 1.807) is 11.3 Å². The molecule has 0 saturated carbocycles. The fraction of sp³-hybridized carbons (Fsp3) is 0.111. The van der Waals surface area contributed by atoms with Crippen molar-refractivity contribution < 1.29 is 0 Å². The highest BCUT2D eigenvalue weighted by Gasteiger charge is 2.00. The van der Waals surface area contributed by atoms with Crippen LogP contribution in [0, 0.1) is 6.92 Å². The third-order valence-electron chi connectivity index (χ3n) is 1.78. The summed E-state index contributed by atoms with van der Waals surface area (Å²) >= 11 is 6.12. The Morgan fingerprint density at radius 1 is 1.36 bits per heavy atom. The van der Waals surface area contributed by atoms with Crippen LogP contribution in [0.5, 0.6) is 0 Å². The van der Waals surface area contributed by atoms with Crippen LogP contribution in [0.25, 0.3) is 10.1 Å². The van der Waals surface area contributed by atoms with Gasteiger partial charge in [0, 0.05) is 20.4 Å². The van der Waals surface area contributed by atoms with Gasteiger partial charge in [-0.1, -0.05) is 18.2 Å². The molecule has 2 aromatic rings. The Balaban J connectivity index is 2.94. The van der Waals surface area contributed by atoms with Gasteiger partial charge in [-0.05, 0) is 12.5 Å². The van der Waals surface area contributed by atoms with Crippen LogP contribution < -0.4 is 0 Å². The fourth-order valence-corrected chi connectivity index (χ4v) is 2.52. The molecule has 2 rings (SSSR count). The summed E-state index contributed by atoms with van der Waals surface area (Å²) in [5.74, 6) is 0. The molecule has 0 atom stereocenters. The van der Waals surface area contributed by atoms with Crippen molar-refractivity contribution in [2.75, 3.05) is 0 Å². The van der Waals surface area contributed by atoms with Crippen molar-refractivity contribution in [3.63, 3.8) is 0 Å². The Labute approximate surface area is 75.3 Å². The predicted octanol–water partition coefficient (Wildman–Crippen LogP) is 3.50. The van der Waals surface area contributed by atoms with Gasteiger partial charge < -0.3 is 0 Å². The molecule has 0 spiro atoms. The highest BCUT2D eigenvalue weighted by atomic mass is 32.1. The van der Waals surface area contributed by atoms with Crippen LogP contribution in [0.3, 0.4) is 0 Å². The number of hydrogen-bond donors (Lipinski definition) is 1. The molecule has 0 bridgehead atoms. The Morgan fingerprint density at radius 3 is 2.91 bits per heavy atom. The quantitative estimate of drug-likeness (QED) is 0.589. The second-order valence-electron chi connectivity index (χ2n) is 2.57. The summed E-state index contributed by atoms with van der Waals surface area (Å²) in [4.78, 5) is 1.09. The van der Waals surface area contributed by atoms with Gasteiger partial charge in [-0.3, -0.25) is 0 Å². The number of hydrogen-bond acceptors (Lipinski definition) is 2. The second-order valence-corrected chi connectivity index (χ2v) is 3.93. The van der Waals surface area contributed by atoms with Crippen molar-refractivity contribution in [2.24, 2.45) is 0 Å². The molecule has 0 aliphatic carbocycles. The molecule has 2 heteroatoms. The first kappa shape index (κ1) is 7.19. The lowest BCUT2D eigenvalue weighted by Gasteiger charge is -1.93. The first-order chi connectivity index (χ1) is 5.29. The summed E-state index contributed by atoms with van der Waals surface area (Å²) in [6.07, 6.45) is 0. The monoisotopic (exact) mass is 180 g/mol. The summed E-state index contributed by atoms with van der Waals surface area (Å²) in [6.45, 7) is 2.13. The third kappa shape index (κ3) is 1.06. The van der Waals surface area contributed by atoms with E-state index in [1.807, 2.05) is 0 Å². The van der Waals surface area contributed by atoms with Gasteiger partial charge in [-0.2, -0.15) is 0 Å². The van der Waals surface area contributed by atoms with E-state index in [-0.39, 0.29) is 0 Å². The highest BCUT2D eigenvalue weighted by Crippen LogP contribution is 2.30. The minimum atomic E-state index is 1.09. The van der Waals surface area contributed by atoms with Crippen LogP contribution in [-0.2, 0) is 0 Å². The first-order valence-corrected chi connectivity index (χ1v) is 4.77. The third-order valence-corrected chi connectivity index (χ3v) is 3.45. The predicted molar refractivity (Wildman–Crippen MR) is 53.8 cm³/mol. The average Bonchev–Trinajstić information content (AvgIpc) is 2.35. The molecule has 0 aliphatic heterocycles. The lowest BCUT2D eigenvalue weighted by Crippen LogP contribution is -1.69. The van der Waals surface area contributed by atoms with Gasteiger partial charge in [0.05, 0.1) is 0 Å². The maximum atomic E-state index is 4.36. The van der Waals surface area contributed by atoms with E-state index in [0.29, 0.717) is 0 Å². The minimum absolute atomic E-state index is 1.09. The molecule has 11 heavy (non-hydrogen) atoms. The van der Waals surface area contributed by atoms with Gasteiger partial charge in [0.1, 0.15) is 0 Å². The molecule has 0 radical (unpaired) electrons. The summed E-state index contributed by atoms with van der Waals surface area (Å²) in [5.41, 5.74) is 1.34. The summed E-state index contributed by atoms with van der Waals surface area (Å²) < 4.78 is 1.36. The molecule has 0 amide bonds. The lowest BCUT2D eigenvalue weighted by atomic mass is 10.2. The Hall–Kier alpha value is -0.470. The molecule has 0 unspecified atom stereocenters. The van der Waals surface area contributed by atoms with E-state index in [4.69, 9.17) is 0 Å². The number of aryl methyl sites for hydroxylation is 1. The van der Waals surface area contributed by atoms with Crippen molar-refractivity contribution in [1.29, 1.82) is 0 Å². The Bertz CT molecular complexity index is 387. The van der Waals surface area contributed by atoms with Crippen LogP contribution >= 0.6 is 24.0 Å². The zero-order valence-electron chi connectivity index (χ0n) is 6.16. The molecular weight excluding hydrogens is 172 g/mol. The van der Waals surface area contributed by atoms with Crippen molar-refractivity contribution in [2.45, 2.75) is 11.8 Å². The Kier molecular flexibility index (Phi) is 1.66. The molecule has 56 valence electrons. The van der Waals surface area contributed by atoms with Gasteiger partial charge in [0.2, 0.25) is 0 Å². The van der Waals surface area contributed by atoms with Crippen molar-refractivity contribution in [3.8, 4) is 0 Å². The second kappa shape index (κ2) is 2.54. The van der Waals surface area contributed by atoms with Gasteiger partial charge in [-0.15, -0.1) is 24.0 Å². The molecule has 0 aliphatic rings. The minimum Gasteiger partial charge on any atom is -0.142 e. The number of benzene rings is 1. The molecule has 0 fully saturated rings. The van der Waals surface area contributed by atoms with Gasteiger partial charge in [-0.25, -0.2) is 0 Å². The normalized spacial score (nSPS) is 10.7. The summed E-state index contributed by atoms with van der Waals surface area (Å²) in [5, 5.41) is 3.36. The number of rotatable bonds is 0. The number of thiophene rings is 1. The van der Waals surface area contributed by atoms with Crippen LogP contribution in [0.1, 0.15) is 5.56 Å². The van der Waals surface area contributed by atoms with E-state index in [9.17, 15) is 0 Å². The van der Waals surface area contributed by atoms with Crippen LogP contribution in [0.2, 0.25) is 0 Å². The van der Waals surface area contributed by atoms with Gasteiger partial charge in [0.15, 0.2) is 0 Å². The number of fused-ring (bicyclic) bond motifs is 1. The zero-order valence-corrected chi connectivity index (χ0v) is 7.88. The highest BCUT2D eigenvalue weighted by molar-refractivity contribution is 7.80. The van der Waals surface area contributed by atoms with E-state index in [0.717, 1.165) is 4.90 Å². The maximum Gasteiger partial charge on any atom is 0.0383 e. The van der Waals surface area contributed by atoms with Crippen molar-refractivity contribution >= 4 is 34.1 Å². The topological polar surface area (TPSA) is 0 Å². The molecule has 1 aromatic carbocycles. The van der Waals surface area contributed by atoms with E-state index in [2.05, 4.69) is 43.1 Å². The van der Waals surface area contributed by atoms with Crippen LogP contribution in [0.15, 0.2) is 28.5 Å². The molecule has 1 heterocycles. The summed E-state index contributed by atoms with van der Waals surface area (Å²) in [7, 11) is 0. The van der Waals surface area contributed by atoms with E-state index in [1.165, 1.54) is 15.6 Å².